The van der Waals surface area contributed by atoms with Gasteiger partial charge in [-0.2, -0.15) is 0 Å². The molecule has 1 aliphatic heterocycles. The van der Waals surface area contributed by atoms with E-state index in [0.29, 0.717) is 17.9 Å². The van der Waals surface area contributed by atoms with Crippen molar-refractivity contribution in [2.75, 3.05) is 13.1 Å². The van der Waals surface area contributed by atoms with Crippen LogP contribution < -0.4 is 11.1 Å². The Morgan fingerprint density at radius 2 is 2.20 bits per heavy atom. The van der Waals surface area contributed by atoms with Crippen molar-refractivity contribution in [2.24, 2.45) is 11.7 Å². The molecular weight excluding hydrogens is 316 g/mol. The second-order valence-electron chi connectivity index (χ2n) is 6.51. The van der Waals surface area contributed by atoms with Gasteiger partial charge in [0.25, 0.3) is 0 Å². The summed E-state index contributed by atoms with van der Waals surface area (Å²) in [6.45, 7) is 7.70. The van der Waals surface area contributed by atoms with E-state index >= 15 is 0 Å². The molecular formula is C20H26N2O3. The van der Waals surface area contributed by atoms with Crippen molar-refractivity contribution < 1.29 is 14.4 Å². The van der Waals surface area contributed by atoms with Crippen molar-refractivity contribution in [1.29, 1.82) is 0 Å². The molecule has 1 amide bonds. The first kappa shape index (κ1) is 19.1. The van der Waals surface area contributed by atoms with E-state index in [2.05, 4.69) is 18.0 Å². The zero-order valence-corrected chi connectivity index (χ0v) is 14.7. The first-order valence-corrected chi connectivity index (χ1v) is 8.79. The van der Waals surface area contributed by atoms with E-state index in [9.17, 15) is 14.4 Å². The summed E-state index contributed by atoms with van der Waals surface area (Å²) in [6.07, 6.45) is 2.88. The minimum atomic E-state index is -0.806. The van der Waals surface area contributed by atoms with Crippen LogP contribution in [0.5, 0.6) is 0 Å². The van der Waals surface area contributed by atoms with E-state index in [0.717, 1.165) is 36.9 Å². The number of aryl methyl sites for hydroxylation is 1. The number of primary amides is 1. The molecule has 1 fully saturated rings. The topological polar surface area (TPSA) is 89.3 Å². The fourth-order valence-electron chi connectivity index (χ4n) is 3.36. The van der Waals surface area contributed by atoms with Crippen molar-refractivity contribution >= 4 is 18.0 Å². The Hall–Kier alpha value is -2.27. The summed E-state index contributed by atoms with van der Waals surface area (Å²) in [7, 11) is 0. The lowest BCUT2D eigenvalue weighted by Gasteiger charge is -2.18. The third-order valence-corrected chi connectivity index (χ3v) is 4.92. The molecule has 5 heteroatoms. The molecule has 0 aromatic heterocycles. The first-order chi connectivity index (χ1) is 12.0. The van der Waals surface area contributed by atoms with Gasteiger partial charge >= 0.3 is 0 Å². The molecule has 25 heavy (non-hydrogen) atoms. The van der Waals surface area contributed by atoms with Gasteiger partial charge in [-0.15, -0.1) is 0 Å². The van der Waals surface area contributed by atoms with Crippen LogP contribution in [0.4, 0.5) is 0 Å². The third kappa shape index (κ3) is 4.42. The van der Waals surface area contributed by atoms with Crippen LogP contribution in [0, 0.1) is 5.92 Å². The highest BCUT2D eigenvalue weighted by atomic mass is 16.1. The van der Waals surface area contributed by atoms with E-state index in [1.165, 1.54) is 0 Å². The molecule has 0 bridgehead atoms. The maximum absolute atomic E-state index is 13.0. The molecule has 1 aromatic carbocycles. The van der Waals surface area contributed by atoms with Crippen LogP contribution in [0.1, 0.15) is 53.6 Å². The number of benzene rings is 1. The van der Waals surface area contributed by atoms with Gasteiger partial charge in [-0.25, -0.2) is 0 Å². The molecule has 2 unspecified atom stereocenters. The number of hydrogen-bond acceptors (Lipinski definition) is 4. The molecule has 2 atom stereocenters. The standard InChI is InChI=1S/C20H26N2O3/c1-3-14-6-7-15(16-8-9-22-12-16)11-18(14)19(24)13(2)17(20(21)25)5-4-10-23/h6-7,10-11,16-17,22H,2-5,8-9,12H2,1H3,(H2,21,25). The van der Waals surface area contributed by atoms with Gasteiger partial charge in [0.1, 0.15) is 6.29 Å². The number of rotatable bonds is 9. The molecule has 0 radical (unpaired) electrons. The summed E-state index contributed by atoms with van der Waals surface area (Å²) in [5.41, 5.74) is 8.24. The number of aldehydes is 1. The SMILES string of the molecule is C=C(C(=O)c1cc(C2CCNC2)ccc1CC)C(CCC=O)C(N)=O. The predicted octanol–water partition coefficient (Wildman–Crippen LogP) is 2.15. The number of nitrogens with two attached hydrogens (primary N) is 1. The van der Waals surface area contributed by atoms with E-state index in [1.54, 1.807) is 0 Å². The molecule has 1 heterocycles. The number of carbonyl (C=O) groups is 3. The summed E-state index contributed by atoms with van der Waals surface area (Å²) in [4.78, 5) is 35.3. The monoisotopic (exact) mass is 342 g/mol. The number of hydrogen-bond donors (Lipinski definition) is 2. The lowest BCUT2D eigenvalue weighted by molar-refractivity contribution is -0.120. The van der Waals surface area contributed by atoms with E-state index in [-0.39, 0.29) is 24.2 Å². The third-order valence-electron chi connectivity index (χ3n) is 4.92. The molecule has 1 aromatic rings. The van der Waals surface area contributed by atoms with Crippen LogP contribution in [0.3, 0.4) is 0 Å². The van der Waals surface area contributed by atoms with Gasteiger partial charge in [0.2, 0.25) is 5.91 Å². The van der Waals surface area contributed by atoms with Crippen LogP contribution in [0.2, 0.25) is 0 Å². The minimum absolute atomic E-state index is 0.172. The van der Waals surface area contributed by atoms with E-state index < -0.39 is 11.8 Å². The second kappa shape index (κ2) is 8.72. The summed E-state index contributed by atoms with van der Waals surface area (Å²) in [5, 5.41) is 3.33. The van der Waals surface area contributed by atoms with Gasteiger partial charge in [-0.3, -0.25) is 9.59 Å². The fraction of sp³-hybridized carbons (Fsp3) is 0.450. The van der Waals surface area contributed by atoms with Gasteiger partial charge < -0.3 is 15.8 Å². The summed E-state index contributed by atoms with van der Waals surface area (Å²) in [5.74, 6) is -1.28. The first-order valence-electron chi connectivity index (χ1n) is 8.79. The Labute approximate surface area is 148 Å². The maximum atomic E-state index is 13.0. The quantitative estimate of drug-likeness (QED) is 0.409. The van der Waals surface area contributed by atoms with Gasteiger partial charge in [-0.05, 0) is 48.9 Å². The van der Waals surface area contributed by atoms with Crippen LogP contribution in [0.15, 0.2) is 30.4 Å². The Kier molecular flexibility index (Phi) is 6.65. The Balaban J connectivity index is 2.31. The van der Waals surface area contributed by atoms with Crippen molar-refractivity contribution in [3.8, 4) is 0 Å². The molecule has 2 rings (SSSR count). The number of amides is 1. The van der Waals surface area contributed by atoms with Gasteiger partial charge in [-0.1, -0.05) is 25.6 Å². The Morgan fingerprint density at radius 3 is 2.76 bits per heavy atom. The summed E-state index contributed by atoms with van der Waals surface area (Å²) < 4.78 is 0. The highest BCUT2D eigenvalue weighted by Gasteiger charge is 2.27. The van der Waals surface area contributed by atoms with Crippen LogP contribution >= 0.6 is 0 Å². The average molecular weight is 342 g/mol. The Bertz CT molecular complexity index is 676. The zero-order valence-electron chi connectivity index (χ0n) is 14.7. The lowest BCUT2D eigenvalue weighted by atomic mass is 9.85. The fourth-order valence-corrected chi connectivity index (χ4v) is 3.36. The normalized spacial score (nSPS) is 17.9. The van der Waals surface area contributed by atoms with Crippen LogP contribution in [-0.2, 0) is 16.0 Å². The lowest BCUT2D eigenvalue weighted by Crippen LogP contribution is -2.28. The van der Waals surface area contributed by atoms with Crippen molar-refractivity contribution in [3.05, 3.63) is 47.0 Å². The van der Waals surface area contributed by atoms with Crippen molar-refractivity contribution in [2.45, 2.75) is 38.5 Å². The highest BCUT2D eigenvalue weighted by molar-refractivity contribution is 6.12. The van der Waals surface area contributed by atoms with Crippen LogP contribution in [-0.4, -0.2) is 31.1 Å². The molecule has 134 valence electrons. The summed E-state index contributed by atoms with van der Waals surface area (Å²) in [6, 6.07) is 5.99. The zero-order chi connectivity index (χ0) is 18.4. The molecule has 1 saturated heterocycles. The smallest absolute Gasteiger partial charge is 0.225 e. The number of carbonyl (C=O) groups excluding carboxylic acids is 3. The number of ketones is 1. The predicted molar refractivity (Wildman–Crippen MR) is 97.5 cm³/mol. The van der Waals surface area contributed by atoms with Crippen molar-refractivity contribution in [1.82, 2.24) is 5.32 Å². The second-order valence-corrected chi connectivity index (χ2v) is 6.51. The summed E-state index contributed by atoms with van der Waals surface area (Å²) >= 11 is 0. The van der Waals surface area contributed by atoms with Crippen molar-refractivity contribution in [3.63, 3.8) is 0 Å². The average Bonchev–Trinajstić information content (AvgIpc) is 3.15. The van der Waals surface area contributed by atoms with Crippen LogP contribution in [0.25, 0.3) is 0 Å². The number of nitrogens with one attached hydrogen (secondary N) is 1. The molecule has 1 aliphatic rings. The van der Waals surface area contributed by atoms with Gasteiger partial charge in [0, 0.05) is 24.1 Å². The van der Waals surface area contributed by atoms with E-state index in [1.807, 2.05) is 19.1 Å². The van der Waals surface area contributed by atoms with Gasteiger partial charge in [0.15, 0.2) is 5.78 Å². The molecule has 0 saturated carbocycles. The van der Waals surface area contributed by atoms with E-state index in [4.69, 9.17) is 5.73 Å². The Morgan fingerprint density at radius 1 is 1.44 bits per heavy atom. The molecule has 0 aliphatic carbocycles. The minimum Gasteiger partial charge on any atom is -0.369 e. The molecule has 3 N–H and O–H groups in total. The molecule has 0 spiro atoms. The number of Topliss-reactive ketones (excluding diaryl/α,β-unsaturated/α-hetero) is 1. The van der Waals surface area contributed by atoms with Gasteiger partial charge in [0.05, 0.1) is 5.92 Å². The molecule has 5 nitrogen and oxygen atoms in total. The maximum Gasteiger partial charge on any atom is 0.225 e. The largest absolute Gasteiger partial charge is 0.369 e. The highest BCUT2D eigenvalue weighted by Crippen LogP contribution is 2.28.